The number of nitrogens with one attached hydrogen (secondary N) is 1. The van der Waals surface area contributed by atoms with Crippen LogP contribution in [-0.2, 0) is 6.54 Å². The Hall–Kier alpha value is -1.31. The third kappa shape index (κ3) is 4.09. The molecule has 110 valence electrons. The van der Waals surface area contributed by atoms with E-state index in [0.29, 0.717) is 12.1 Å². The van der Waals surface area contributed by atoms with Gasteiger partial charge in [0, 0.05) is 39.8 Å². The molecule has 1 N–H and O–H groups in total. The summed E-state index contributed by atoms with van der Waals surface area (Å²) in [7, 11) is 5.54. The predicted octanol–water partition coefficient (Wildman–Crippen LogP) is 1.40. The first-order valence-electron chi connectivity index (χ1n) is 6.38. The molecule has 2 rings (SSSR count). The summed E-state index contributed by atoms with van der Waals surface area (Å²) in [6.07, 6.45) is 0. The molecule has 1 amide bonds. The van der Waals surface area contributed by atoms with Crippen LogP contribution in [0.15, 0.2) is 29.3 Å². The SMILES string of the molecule is CN(C)C(=O)c1cccc(CNC2=NCCN2C)c1.I. The maximum Gasteiger partial charge on any atom is 0.253 e. The van der Waals surface area contributed by atoms with Gasteiger partial charge in [0.2, 0.25) is 0 Å². The highest BCUT2D eigenvalue weighted by Gasteiger charge is 2.12. The summed E-state index contributed by atoms with van der Waals surface area (Å²) in [4.78, 5) is 19.9. The number of benzene rings is 1. The van der Waals surface area contributed by atoms with Crippen LogP contribution in [0, 0.1) is 0 Å². The van der Waals surface area contributed by atoms with Crippen molar-refractivity contribution in [1.82, 2.24) is 15.1 Å². The monoisotopic (exact) mass is 388 g/mol. The number of carbonyl (C=O) groups is 1. The second kappa shape index (κ2) is 7.47. The molecule has 0 aliphatic carbocycles. The van der Waals surface area contributed by atoms with Crippen molar-refractivity contribution < 1.29 is 4.79 Å². The Balaban J connectivity index is 0.00000200. The molecule has 1 aliphatic heterocycles. The number of carbonyl (C=O) groups excluding carboxylic acids is 1. The summed E-state index contributed by atoms with van der Waals surface area (Å²) >= 11 is 0. The van der Waals surface area contributed by atoms with E-state index in [1.807, 2.05) is 31.3 Å². The van der Waals surface area contributed by atoms with E-state index in [9.17, 15) is 4.79 Å². The Morgan fingerprint density at radius 3 is 2.80 bits per heavy atom. The van der Waals surface area contributed by atoms with Gasteiger partial charge in [-0.2, -0.15) is 0 Å². The van der Waals surface area contributed by atoms with Crippen LogP contribution in [0.25, 0.3) is 0 Å². The van der Waals surface area contributed by atoms with Crippen LogP contribution in [0.1, 0.15) is 15.9 Å². The largest absolute Gasteiger partial charge is 0.352 e. The average molecular weight is 388 g/mol. The second-order valence-corrected chi connectivity index (χ2v) is 4.88. The molecule has 0 unspecified atom stereocenters. The molecule has 0 fully saturated rings. The Morgan fingerprint density at radius 2 is 2.20 bits per heavy atom. The zero-order chi connectivity index (χ0) is 13.8. The van der Waals surface area contributed by atoms with Crippen LogP contribution in [0.3, 0.4) is 0 Å². The number of amides is 1. The van der Waals surface area contributed by atoms with Crippen molar-refractivity contribution in [2.45, 2.75) is 6.54 Å². The van der Waals surface area contributed by atoms with Crippen LogP contribution in [0.5, 0.6) is 0 Å². The zero-order valence-electron chi connectivity index (χ0n) is 12.1. The minimum atomic E-state index is 0. The molecule has 1 aliphatic rings. The van der Waals surface area contributed by atoms with Crippen molar-refractivity contribution in [2.24, 2.45) is 4.99 Å². The van der Waals surface area contributed by atoms with Gasteiger partial charge in [0.25, 0.3) is 5.91 Å². The minimum Gasteiger partial charge on any atom is -0.352 e. The van der Waals surface area contributed by atoms with Gasteiger partial charge in [0.1, 0.15) is 0 Å². The molecule has 0 atom stereocenters. The lowest BCUT2D eigenvalue weighted by Crippen LogP contribution is -2.35. The minimum absolute atomic E-state index is 0. The first kappa shape index (κ1) is 16.7. The number of hydrogen-bond donors (Lipinski definition) is 1. The highest BCUT2D eigenvalue weighted by Crippen LogP contribution is 2.07. The summed E-state index contributed by atoms with van der Waals surface area (Å²) in [5.41, 5.74) is 1.79. The number of guanidine groups is 1. The molecule has 0 saturated carbocycles. The van der Waals surface area contributed by atoms with Gasteiger partial charge in [-0.3, -0.25) is 9.79 Å². The van der Waals surface area contributed by atoms with Crippen molar-refractivity contribution in [3.8, 4) is 0 Å². The van der Waals surface area contributed by atoms with Gasteiger partial charge >= 0.3 is 0 Å². The van der Waals surface area contributed by atoms with E-state index >= 15 is 0 Å². The molecule has 0 aromatic heterocycles. The summed E-state index contributed by atoms with van der Waals surface area (Å²) in [5.74, 6) is 0.946. The quantitative estimate of drug-likeness (QED) is 0.797. The first-order chi connectivity index (χ1) is 9.08. The van der Waals surface area contributed by atoms with Crippen LogP contribution >= 0.6 is 24.0 Å². The van der Waals surface area contributed by atoms with Gasteiger partial charge in [-0.05, 0) is 17.7 Å². The summed E-state index contributed by atoms with van der Waals surface area (Å²) in [6.45, 7) is 2.48. The fourth-order valence-corrected chi connectivity index (χ4v) is 1.98. The number of nitrogens with zero attached hydrogens (tertiary/aromatic N) is 3. The van der Waals surface area contributed by atoms with Gasteiger partial charge in [-0.25, -0.2) is 0 Å². The van der Waals surface area contributed by atoms with Crippen molar-refractivity contribution in [2.75, 3.05) is 34.2 Å². The molecule has 1 aromatic rings. The van der Waals surface area contributed by atoms with E-state index in [0.717, 1.165) is 24.6 Å². The second-order valence-electron chi connectivity index (χ2n) is 4.88. The molecule has 6 heteroatoms. The van der Waals surface area contributed by atoms with Gasteiger partial charge in [-0.1, -0.05) is 12.1 Å². The number of aliphatic imine (C=N–C) groups is 1. The lowest BCUT2D eigenvalue weighted by molar-refractivity contribution is 0.0827. The molecule has 20 heavy (non-hydrogen) atoms. The highest BCUT2D eigenvalue weighted by atomic mass is 127. The summed E-state index contributed by atoms with van der Waals surface area (Å²) in [6, 6.07) is 7.68. The topological polar surface area (TPSA) is 47.9 Å². The average Bonchev–Trinajstić information content (AvgIpc) is 2.81. The molecular weight excluding hydrogens is 367 g/mol. The van der Waals surface area contributed by atoms with E-state index in [1.54, 1.807) is 19.0 Å². The maximum absolute atomic E-state index is 11.9. The Labute approximate surface area is 137 Å². The molecule has 0 radical (unpaired) electrons. The Kier molecular flexibility index (Phi) is 6.25. The number of rotatable bonds is 3. The smallest absolute Gasteiger partial charge is 0.253 e. The number of hydrogen-bond acceptors (Lipinski definition) is 4. The van der Waals surface area contributed by atoms with Gasteiger partial charge < -0.3 is 15.1 Å². The van der Waals surface area contributed by atoms with E-state index in [4.69, 9.17) is 0 Å². The third-order valence-electron chi connectivity index (χ3n) is 3.09. The lowest BCUT2D eigenvalue weighted by Gasteiger charge is -2.16. The standard InChI is InChI=1S/C14H20N4O.HI/c1-17(2)13(19)12-6-4-5-11(9-12)10-16-14-15-7-8-18(14)3;/h4-6,9H,7-8,10H2,1-3H3,(H,15,16);1H. The fraction of sp³-hybridized carbons (Fsp3) is 0.429. The Morgan fingerprint density at radius 1 is 1.45 bits per heavy atom. The van der Waals surface area contributed by atoms with Crippen LogP contribution in [0.2, 0.25) is 0 Å². The summed E-state index contributed by atoms with van der Waals surface area (Å²) in [5, 5.41) is 3.29. The molecule has 5 nitrogen and oxygen atoms in total. The molecule has 0 saturated heterocycles. The zero-order valence-corrected chi connectivity index (χ0v) is 14.4. The molecule has 1 aromatic carbocycles. The molecule has 0 bridgehead atoms. The van der Waals surface area contributed by atoms with Gasteiger partial charge in [0.15, 0.2) is 5.96 Å². The van der Waals surface area contributed by atoms with Crippen molar-refractivity contribution in [3.05, 3.63) is 35.4 Å². The van der Waals surface area contributed by atoms with Crippen molar-refractivity contribution >= 4 is 35.8 Å². The third-order valence-corrected chi connectivity index (χ3v) is 3.09. The predicted molar refractivity (Wildman–Crippen MR) is 91.6 cm³/mol. The summed E-state index contributed by atoms with van der Waals surface area (Å²) < 4.78 is 0. The van der Waals surface area contributed by atoms with E-state index in [1.165, 1.54) is 0 Å². The normalized spacial score (nSPS) is 13.6. The number of likely N-dealkylation sites (N-methyl/N-ethyl adjacent to an activating group) is 1. The molecule has 0 spiro atoms. The van der Waals surface area contributed by atoms with Crippen LogP contribution in [-0.4, -0.2) is 55.9 Å². The van der Waals surface area contributed by atoms with Crippen molar-refractivity contribution in [1.29, 1.82) is 0 Å². The Bertz CT molecular complexity index is 502. The highest BCUT2D eigenvalue weighted by molar-refractivity contribution is 14.0. The van der Waals surface area contributed by atoms with Crippen LogP contribution < -0.4 is 5.32 Å². The maximum atomic E-state index is 11.9. The van der Waals surface area contributed by atoms with Gasteiger partial charge in [0.05, 0.1) is 6.54 Å². The fourth-order valence-electron chi connectivity index (χ4n) is 1.98. The van der Waals surface area contributed by atoms with Crippen LogP contribution in [0.4, 0.5) is 0 Å². The molecule has 1 heterocycles. The first-order valence-corrected chi connectivity index (χ1v) is 6.38. The number of halogens is 1. The van der Waals surface area contributed by atoms with Gasteiger partial charge in [-0.15, -0.1) is 24.0 Å². The van der Waals surface area contributed by atoms with E-state index in [-0.39, 0.29) is 29.9 Å². The van der Waals surface area contributed by atoms with Crippen molar-refractivity contribution in [3.63, 3.8) is 0 Å². The lowest BCUT2D eigenvalue weighted by atomic mass is 10.1. The molecular formula is C14H21IN4O. The van der Waals surface area contributed by atoms with E-state index in [2.05, 4.69) is 15.2 Å². The van der Waals surface area contributed by atoms with E-state index < -0.39 is 0 Å².